The maximum absolute atomic E-state index is 13.8. The average Bonchev–Trinajstić information content (AvgIpc) is 2.37. The number of hydrogen-bond acceptors (Lipinski definition) is 4. The van der Waals surface area contributed by atoms with Gasteiger partial charge in [0.15, 0.2) is 5.78 Å². The van der Waals surface area contributed by atoms with Gasteiger partial charge in [-0.25, -0.2) is 4.39 Å². The number of methoxy groups -OCH3 is 2. The van der Waals surface area contributed by atoms with Crippen LogP contribution in [0.15, 0.2) is 18.2 Å². The summed E-state index contributed by atoms with van der Waals surface area (Å²) in [6.45, 7) is 3.42. The third-order valence-electron chi connectivity index (χ3n) is 2.85. The van der Waals surface area contributed by atoms with E-state index >= 15 is 0 Å². The van der Waals surface area contributed by atoms with E-state index in [0.717, 1.165) is 6.07 Å². The van der Waals surface area contributed by atoms with Crippen molar-refractivity contribution in [1.29, 1.82) is 0 Å². The van der Waals surface area contributed by atoms with Gasteiger partial charge < -0.3 is 9.47 Å². The lowest BCUT2D eigenvalue weighted by molar-refractivity contribution is -0.144. The van der Waals surface area contributed by atoms with Gasteiger partial charge in [0.2, 0.25) is 0 Å². The van der Waals surface area contributed by atoms with Crippen LogP contribution in [0.2, 0.25) is 0 Å². The van der Waals surface area contributed by atoms with Crippen molar-refractivity contribution in [3.8, 4) is 5.75 Å². The summed E-state index contributed by atoms with van der Waals surface area (Å²) in [6, 6.07) is 3.90. The molecule has 0 aromatic heterocycles. The number of rotatable bonds is 5. The third-order valence-corrected chi connectivity index (χ3v) is 2.85. The first-order chi connectivity index (χ1) is 8.92. The Morgan fingerprint density at radius 1 is 1.21 bits per heavy atom. The van der Waals surface area contributed by atoms with Crippen molar-refractivity contribution in [2.24, 2.45) is 11.8 Å². The van der Waals surface area contributed by atoms with E-state index in [1.807, 2.05) is 0 Å². The van der Waals surface area contributed by atoms with E-state index < -0.39 is 23.5 Å². The van der Waals surface area contributed by atoms with Crippen LogP contribution in [0.25, 0.3) is 0 Å². The molecule has 0 aliphatic rings. The maximum Gasteiger partial charge on any atom is 0.316 e. The SMILES string of the molecule is COC(=O)C(C(=O)c1ccc(OC)cc1F)C(C)C. The molecule has 0 spiro atoms. The van der Waals surface area contributed by atoms with E-state index in [9.17, 15) is 14.0 Å². The molecule has 0 heterocycles. The van der Waals surface area contributed by atoms with Crippen molar-refractivity contribution >= 4 is 11.8 Å². The van der Waals surface area contributed by atoms with Crippen LogP contribution >= 0.6 is 0 Å². The topological polar surface area (TPSA) is 52.6 Å². The highest BCUT2D eigenvalue weighted by Gasteiger charge is 2.33. The minimum absolute atomic E-state index is 0.134. The molecule has 0 saturated carbocycles. The lowest BCUT2D eigenvalue weighted by Gasteiger charge is -2.17. The zero-order valence-corrected chi connectivity index (χ0v) is 11.4. The van der Waals surface area contributed by atoms with Gasteiger partial charge in [-0.15, -0.1) is 0 Å². The fourth-order valence-electron chi connectivity index (χ4n) is 1.80. The second-order valence-corrected chi connectivity index (χ2v) is 4.45. The Morgan fingerprint density at radius 2 is 1.84 bits per heavy atom. The van der Waals surface area contributed by atoms with Crippen LogP contribution in [0.1, 0.15) is 24.2 Å². The number of carbonyl (C=O) groups is 2. The molecular weight excluding hydrogens is 251 g/mol. The normalized spacial score (nSPS) is 12.1. The van der Waals surface area contributed by atoms with Crippen molar-refractivity contribution in [3.05, 3.63) is 29.6 Å². The third kappa shape index (κ3) is 3.30. The Balaban J connectivity index is 3.13. The first-order valence-electron chi connectivity index (χ1n) is 5.88. The predicted octanol–water partition coefficient (Wildman–Crippen LogP) is 2.46. The quantitative estimate of drug-likeness (QED) is 0.467. The van der Waals surface area contributed by atoms with Gasteiger partial charge in [-0.3, -0.25) is 9.59 Å². The molecule has 0 amide bonds. The van der Waals surface area contributed by atoms with Gasteiger partial charge in [0, 0.05) is 6.07 Å². The summed E-state index contributed by atoms with van der Waals surface area (Å²) in [5.41, 5.74) is -0.134. The van der Waals surface area contributed by atoms with Crippen LogP contribution in [-0.2, 0) is 9.53 Å². The molecule has 0 aliphatic heterocycles. The summed E-state index contributed by atoms with van der Waals surface area (Å²) in [5, 5.41) is 0. The van der Waals surface area contributed by atoms with Gasteiger partial charge in [-0.05, 0) is 18.1 Å². The molecule has 0 fully saturated rings. The van der Waals surface area contributed by atoms with Crippen molar-refractivity contribution in [2.75, 3.05) is 14.2 Å². The molecule has 1 unspecified atom stereocenters. The molecule has 0 radical (unpaired) electrons. The fraction of sp³-hybridized carbons (Fsp3) is 0.429. The number of halogens is 1. The van der Waals surface area contributed by atoms with Crippen LogP contribution < -0.4 is 4.74 Å². The van der Waals surface area contributed by atoms with E-state index in [4.69, 9.17) is 4.74 Å². The molecule has 4 nitrogen and oxygen atoms in total. The number of ketones is 1. The summed E-state index contributed by atoms with van der Waals surface area (Å²) < 4.78 is 23.3. The molecule has 104 valence electrons. The summed E-state index contributed by atoms with van der Waals surface area (Å²) in [4.78, 5) is 23.8. The molecule has 1 rings (SSSR count). The molecular formula is C14H17FO4. The Morgan fingerprint density at radius 3 is 2.26 bits per heavy atom. The fourth-order valence-corrected chi connectivity index (χ4v) is 1.80. The maximum atomic E-state index is 13.8. The van der Waals surface area contributed by atoms with E-state index in [1.165, 1.54) is 26.4 Å². The number of Topliss-reactive ketones (excluding diaryl/α,β-unsaturated/α-hetero) is 1. The van der Waals surface area contributed by atoms with E-state index in [2.05, 4.69) is 4.74 Å². The van der Waals surface area contributed by atoms with E-state index in [-0.39, 0.29) is 11.5 Å². The molecule has 1 aromatic carbocycles. The minimum Gasteiger partial charge on any atom is -0.497 e. The van der Waals surface area contributed by atoms with Gasteiger partial charge >= 0.3 is 5.97 Å². The molecule has 19 heavy (non-hydrogen) atoms. The van der Waals surface area contributed by atoms with Crippen LogP contribution in [0.5, 0.6) is 5.75 Å². The number of benzene rings is 1. The number of ether oxygens (including phenoxy) is 2. The lowest BCUT2D eigenvalue weighted by Crippen LogP contribution is -2.30. The van der Waals surface area contributed by atoms with Gasteiger partial charge in [0.25, 0.3) is 0 Å². The van der Waals surface area contributed by atoms with Crippen molar-refractivity contribution in [2.45, 2.75) is 13.8 Å². The number of carbonyl (C=O) groups excluding carboxylic acids is 2. The molecule has 0 aliphatic carbocycles. The second-order valence-electron chi connectivity index (χ2n) is 4.45. The highest BCUT2D eigenvalue weighted by Crippen LogP contribution is 2.23. The zero-order chi connectivity index (χ0) is 14.6. The Bertz CT molecular complexity index is 482. The zero-order valence-electron chi connectivity index (χ0n) is 11.4. The van der Waals surface area contributed by atoms with Gasteiger partial charge in [0.05, 0.1) is 19.8 Å². The van der Waals surface area contributed by atoms with Gasteiger partial charge in [-0.2, -0.15) is 0 Å². The second kappa shape index (κ2) is 6.31. The largest absolute Gasteiger partial charge is 0.497 e. The van der Waals surface area contributed by atoms with Crippen molar-refractivity contribution < 1.29 is 23.5 Å². The first-order valence-corrected chi connectivity index (χ1v) is 5.88. The number of hydrogen-bond donors (Lipinski definition) is 0. The first kappa shape index (κ1) is 15.1. The number of esters is 1. The summed E-state index contributed by atoms with van der Waals surface area (Å²) in [5.74, 6) is -2.92. The molecule has 5 heteroatoms. The van der Waals surface area contributed by atoms with Crippen LogP contribution in [0.4, 0.5) is 4.39 Å². The standard InChI is InChI=1S/C14H17FO4/c1-8(2)12(14(17)19-4)13(16)10-6-5-9(18-3)7-11(10)15/h5-8,12H,1-4H3. The minimum atomic E-state index is -1.01. The van der Waals surface area contributed by atoms with Crippen molar-refractivity contribution in [1.82, 2.24) is 0 Å². The van der Waals surface area contributed by atoms with Crippen LogP contribution in [0.3, 0.4) is 0 Å². The molecule has 1 atom stereocenters. The Kier molecular flexibility index (Phi) is 5.03. The van der Waals surface area contributed by atoms with E-state index in [1.54, 1.807) is 13.8 Å². The lowest BCUT2D eigenvalue weighted by atomic mass is 9.88. The van der Waals surface area contributed by atoms with E-state index in [0.29, 0.717) is 5.75 Å². The molecule has 0 bridgehead atoms. The van der Waals surface area contributed by atoms with Gasteiger partial charge in [0.1, 0.15) is 17.5 Å². The molecule has 0 N–H and O–H groups in total. The molecule has 0 saturated heterocycles. The predicted molar refractivity (Wildman–Crippen MR) is 67.6 cm³/mol. The molecule has 1 aromatic rings. The summed E-state index contributed by atoms with van der Waals surface area (Å²) in [6.07, 6.45) is 0. The van der Waals surface area contributed by atoms with Gasteiger partial charge in [-0.1, -0.05) is 13.8 Å². The monoisotopic (exact) mass is 268 g/mol. The van der Waals surface area contributed by atoms with Crippen LogP contribution in [0, 0.1) is 17.7 Å². The highest BCUT2D eigenvalue weighted by molar-refractivity contribution is 6.09. The van der Waals surface area contributed by atoms with Crippen molar-refractivity contribution in [3.63, 3.8) is 0 Å². The van der Waals surface area contributed by atoms with Crippen LogP contribution in [-0.4, -0.2) is 26.0 Å². The summed E-state index contributed by atoms with van der Waals surface area (Å²) >= 11 is 0. The Labute approximate surface area is 111 Å². The summed E-state index contributed by atoms with van der Waals surface area (Å²) in [7, 11) is 2.61. The smallest absolute Gasteiger partial charge is 0.316 e. The highest BCUT2D eigenvalue weighted by atomic mass is 19.1. The Hall–Kier alpha value is -1.91. The average molecular weight is 268 g/mol.